The summed E-state index contributed by atoms with van der Waals surface area (Å²) in [5.74, 6) is 0.499. The first-order valence-corrected chi connectivity index (χ1v) is 5.13. The molecule has 0 aliphatic heterocycles. The zero-order valence-corrected chi connectivity index (χ0v) is 8.70. The van der Waals surface area contributed by atoms with Crippen LogP contribution < -0.4 is 0 Å². The van der Waals surface area contributed by atoms with Gasteiger partial charge in [-0.15, -0.1) is 0 Å². The molecule has 66 valence electrons. The van der Waals surface area contributed by atoms with Crippen LogP contribution in [-0.4, -0.2) is 10.4 Å². The Bertz CT molecular complexity index is 121. The third-order valence-electron chi connectivity index (χ3n) is 1.48. The maximum atomic E-state index is 11.2. The number of carbonyl (C=O) groups is 1. The fourth-order valence-electron chi connectivity index (χ4n) is 0.689. The zero-order valence-electron chi connectivity index (χ0n) is 7.89. The summed E-state index contributed by atoms with van der Waals surface area (Å²) in [4.78, 5) is 11.2. The zero-order chi connectivity index (χ0) is 8.85. The maximum Gasteiger partial charge on any atom is 0.189 e. The average molecular weight is 174 g/mol. The van der Waals surface area contributed by atoms with Gasteiger partial charge in [0, 0.05) is 11.7 Å². The van der Waals surface area contributed by atoms with E-state index in [1.54, 1.807) is 0 Å². The van der Waals surface area contributed by atoms with Gasteiger partial charge in [0.25, 0.3) is 0 Å². The van der Waals surface area contributed by atoms with Crippen LogP contribution in [0.15, 0.2) is 0 Å². The van der Waals surface area contributed by atoms with E-state index in [1.807, 2.05) is 0 Å². The van der Waals surface area contributed by atoms with Crippen molar-refractivity contribution < 1.29 is 4.79 Å². The molecule has 0 aliphatic carbocycles. The number of carbonyl (C=O) groups excluding carboxylic acids is 1. The van der Waals surface area contributed by atoms with Crippen LogP contribution in [-0.2, 0) is 4.79 Å². The lowest BCUT2D eigenvalue weighted by Crippen LogP contribution is -2.03. The number of rotatable bonds is 4. The van der Waals surface area contributed by atoms with Gasteiger partial charge in [-0.05, 0) is 12.3 Å². The van der Waals surface area contributed by atoms with Crippen molar-refractivity contribution in [3.8, 4) is 0 Å². The van der Waals surface area contributed by atoms with Gasteiger partial charge in [0.15, 0.2) is 5.12 Å². The van der Waals surface area contributed by atoms with Gasteiger partial charge in [-0.3, -0.25) is 4.79 Å². The lowest BCUT2D eigenvalue weighted by atomic mass is 10.2. The molecule has 0 amide bonds. The van der Waals surface area contributed by atoms with Crippen LogP contribution in [0.1, 0.15) is 40.5 Å². The normalized spacial score (nSPS) is 13.5. The molecule has 0 bridgehead atoms. The monoisotopic (exact) mass is 174 g/mol. The smallest absolute Gasteiger partial charge is 0.189 e. The maximum absolute atomic E-state index is 11.2. The lowest BCUT2D eigenvalue weighted by Gasteiger charge is -2.07. The Hall–Kier alpha value is 0.0200. The van der Waals surface area contributed by atoms with Crippen LogP contribution in [0.4, 0.5) is 0 Å². The van der Waals surface area contributed by atoms with Crippen molar-refractivity contribution in [1.82, 2.24) is 0 Å². The van der Waals surface area contributed by atoms with E-state index in [2.05, 4.69) is 27.7 Å². The molecule has 0 heterocycles. The molecule has 0 spiro atoms. The first-order chi connectivity index (χ1) is 5.06. The molecule has 0 saturated heterocycles. The molecule has 0 rings (SSSR count). The van der Waals surface area contributed by atoms with Gasteiger partial charge < -0.3 is 0 Å². The van der Waals surface area contributed by atoms with Crippen molar-refractivity contribution in [1.29, 1.82) is 0 Å². The van der Waals surface area contributed by atoms with E-state index in [4.69, 9.17) is 0 Å². The van der Waals surface area contributed by atoms with Crippen LogP contribution in [0.25, 0.3) is 0 Å². The highest BCUT2D eigenvalue weighted by Crippen LogP contribution is 2.18. The van der Waals surface area contributed by atoms with Crippen LogP contribution in [0.5, 0.6) is 0 Å². The second kappa shape index (κ2) is 5.64. The van der Waals surface area contributed by atoms with Gasteiger partial charge in [0.2, 0.25) is 0 Å². The van der Waals surface area contributed by atoms with Gasteiger partial charge in [-0.25, -0.2) is 0 Å². The molecule has 1 nitrogen and oxygen atoms in total. The van der Waals surface area contributed by atoms with Crippen molar-refractivity contribution in [2.24, 2.45) is 5.92 Å². The standard InChI is InChI=1S/C9H18OS/c1-5-8(4)11-9(10)6-7(2)3/h7-8H,5-6H2,1-4H3/t8-/m0/s1. The highest BCUT2D eigenvalue weighted by atomic mass is 32.2. The first-order valence-electron chi connectivity index (χ1n) is 4.25. The van der Waals surface area contributed by atoms with Crippen LogP contribution >= 0.6 is 11.8 Å². The number of hydrogen-bond donors (Lipinski definition) is 0. The van der Waals surface area contributed by atoms with Gasteiger partial charge in [-0.1, -0.05) is 39.5 Å². The third-order valence-corrected chi connectivity index (χ3v) is 2.65. The van der Waals surface area contributed by atoms with E-state index in [1.165, 1.54) is 11.8 Å². The molecular weight excluding hydrogens is 156 g/mol. The third kappa shape index (κ3) is 6.42. The summed E-state index contributed by atoms with van der Waals surface area (Å²) in [6, 6.07) is 0. The molecule has 0 aromatic rings. The summed E-state index contributed by atoms with van der Waals surface area (Å²) in [6.45, 7) is 8.37. The highest BCUT2D eigenvalue weighted by Gasteiger charge is 2.09. The van der Waals surface area contributed by atoms with Gasteiger partial charge >= 0.3 is 0 Å². The minimum absolute atomic E-state index is 0.342. The molecule has 11 heavy (non-hydrogen) atoms. The summed E-state index contributed by atoms with van der Waals surface area (Å²) in [5.41, 5.74) is 0. The van der Waals surface area contributed by atoms with E-state index in [-0.39, 0.29) is 0 Å². The van der Waals surface area contributed by atoms with E-state index in [9.17, 15) is 4.79 Å². The van der Waals surface area contributed by atoms with E-state index in [0.29, 0.717) is 16.3 Å². The highest BCUT2D eigenvalue weighted by molar-refractivity contribution is 8.14. The number of thioether (sulfide) groups is 1. The molecule has 0 aliphatic rings. The summed E-state index contributed by atoms with van der Waals surface area (Å²) in [5, 5.41) is 0.829. The molecule has 0 N–H and O–H groups in total. The topological polar surface area (TPSA) is 17.1 Å². The van der Waals surface area contributed by atoms with E-state index >= 15 is 0 Å². The Labute approximate surface area is 73.9 Å². The molecular formula is C9H18OS. The van der Waals surface area contributed by atoms with Crippen molar-refractivity contribution in [2.45, 2.75) is 45.8 Å². The van der Waals surface area contributed by atoms with Crippen molar-refractivity contribution in [3.05, 3.63) is 0 Å². The summed E-state index contributed by atoms with van der Waals surface area (Å²) in [6.07, 6.45) is 1.80. The molecule has 1 atom stereocenters. The van der Waals surface area contributed by atoms with Crippen LogP contribution in [0.3, 0.4) is 0 Å². The van der Waals surface area contributed by atoms with Gasteiger partial charge in [0.1, 0.15) is 0 Å². The van der Waals surface area contributed by atoms with Crippen LogP contribution in [0.2, 0.25) is 0 Å². The minimum Gasteiger partial charge on any atom is -0.287 e. The molecule has 0 saturated carbocycles. The number of hydrogen-bond acceptors (Lipinski definition) is 2. The first kappa shape index (κ1) is 11.0. The fourth-order valence-corrected chi connectivity index (χ4v) is 1.73. The quantitative estimate of drug-likeness (QED) is 0.651. The molecule has 0 aromatic carbocycles. The van der Waals surface area contributed by atoms with E-state index in [0.717, 1.165) is 12.8 Å². The Morgan fingerprint density at radius 1 is 1.36 bits per heavy atom. The lowest BCUT2D eigenvalue weighted by molar-refractivity contribution is -0.111. The van der Waals surface area contributed by atoms with Crippen molar-refractivity contribution >= 4 is 16.9 Å². The molecule has 0 radical (unpaired) electrons. The predicted molar refractivity (Wildman–Crippen MR) is 51.8 cm³/mol. The van der Waals surface area contributed by atoms with Crippen molar-refractivity contribution in [3.63, 3.8) is 0 Å². The Balaban J connectivity index is 3.52. The Morgan fingerprint density at radius 3 is 2.27 bits per heavy atom. The summed E-state index contributed by atoms with van der Waals surface area (Å²) < 4.78 is 0. The molecule has 0 unspecified atom stereocenters. The Morgan fingerprint density at radius 2 is 1.91 bits per heavy atom. The molecule has 0 fully saturated rings. The van der Waals surface area contributed by atoms with Crippen molar-refractivity contribution in [2.75, 3.05) is 0 Å². The van der Waals surface area contributed by atoms with E-state index < -0.39 is 0 Å². The minimum atomic E-state index is 0.342. The predicted octanol–water partition coefficient (Wildman–Crippen LogP) is 3.09. The Kier molecular flexibility index (Phi) is 5.65. The van der Waals surface area contributed by atoms with Gasteiger partial charge in [-0.2, -0.15) is 0 Å². The summed E-state index contributed by atoms with van der Waals surface area (Å²) in [7, 11) is 0. The second-order valence-electron chi connectivity index (χ2n) is 3.31. The fraction of sp³-hybridized carbons (Fsp3) is 0.889. The van der Waals surface area contributed by atoms with Crippen LogP contribution in [0, 0.1) is 5.92 Å². The molecule has 2 heteroatoms. The molecule has 0 aromatic heterocycles. The largest absolute Gasteiger partial charge is 0.287 e. The van der Waals surface area contributed by atoms with Gasteiger partial charge in [0.05, 0.1) is 0 Å². The average Bonchev–Trinajstić information content (AvgIpc) is 1.85. The second-order valence-corrected chi connectivity index (χ2v) is 4.80. The SMILES string of the molecule is CC[C@H](C)SC(=O)CC(C)C. The summed E-state index contributed by atoms with van der Waals surface area (Å²) >= 11 is 1.49.